The molecule has 0 atom stereocenters. The average molecular weight is 340 g/mol. The summed E-state index contributed by atoms with van der Waals surface area (Å²) in [7, 11) is 0. The summed E-state index contributed by atoms with van der Waals surface area (Å²) in [5.41, 5.74) is 1.77. The molecule has 0 spiro atoms. The van der Waals surface area contributed by atoms with E-state index in [1.54, 1.807) is 0 Å². The lowest BCUT2D eigenvalue weighted by Gasteiger charge is -2.19. The van der Waals surface area contributed by atoms with Crippen LogP contribution in [0.5, 0.6) is 0 Å². The highest BCUT2D eigenvalue weighted by Crippen LogP contribution is 2.19. The molecule has 0 amide bonds. The van der Waals surface area contributed by atoms with Gasteiger partial charge in [-0.15, -0.1) is 13.2 Å². The molecule has 0 aromatic heterocycles. The van der Waals surface area contributed by atoms with Crippen molar-refractivity contribution in [3.8, 4) is 0 Å². The van der Waals surface area contributed by atoms with Crippen molar-refractivity contribution in [1.29, 1.82) is 0 Å². The molecule has 2 aromatic carbocycles. The predicted molar refractivity (Wildman–Crippen MR) is 83.1 cm³/mol. The Bertz CT molecular complexity index is 528. The number of halogens is 3. The first-order valence-electron chi connectivity index (χ1n) is 7.51. The van der Waals surface area contributed by atoms with Crippen molar-refractivity contribution in [2.75, 3.05) is 13.2 Å². The highest BCUT2D eigenvalue weighted by Gasteiger charge is 2.33. The number of benzene rings is 2. The Balaban J connectivity index is 1.78. The first-order chi connectivity index (χ1) is 11.5. The van der Waals surface area contributed by atoms with Crippen LogP contribution in [0.25, 0.3) is 0 Å². The molecule has 0 aliphatic heterocycles. The van der Waals surface area contributed by atoms with E-state index in [2.05, 4.69) is 4.74 Å². The van der Waals surface area contributed by atoms with Crippen LogP contribution in [0.15, 0.2) is 60.7 Å². The molecular weight excluding hydrogens is 321 g/mol. The number of alkyl halides is 3. The summed E-state index contributed by atoms with van der Waals surface area (Å²) in [5.74, 6) is 0. The Hall–Kier alpha value is -1.89. The van der Waals surface area contributed by atoms with Gasteiger partial charge in [0.15, 0.2) is 0 Å². The summed E-state index contributed by atoms with van der Waals surface area (Å²) in [6.07, 6.45) is -5.94. The van der Waals surface area contributed by atoms with Crippen LogP contribution in [0.2, 0.25) is 0 Å². The first-order valence-corrected chi connectivity index (χ1v) is 7.51. The van der Waals surface area contributed by atoms with Crippen LogP contribution in [0.4, 0.5) is 13.2 Å². The van der Waals surface area contributed by atoms with Gasteiger partial charge in [0.1, 0.15) is 6.10 Å². The predicted octanol–water partition coefficient (Wildman–Crippen LogP) is 4.33. The summed E-state index contributed by atoms with van der Waals surface area (Å²) in [6, 6.07) is 18.4. The Morgan fingerprint density at radius 2 is 1.12 bits per heavy atom. The second-order valence-corrected chi connectivity index (χ2v) is 5.19. The SMILES string of the molecule is FC(F)(F)OC(COCc1ccccc1)COCc1ccccc1. The van der Waals surface area contributed by atoms with Gasteiger partial charge < -0.3 is 9.47 Å². The van der Waals surface area contributed by atoms with Crippen molar-refractivity contribution >= 4 is 0 Å². The van der Waals surface area contributed by atoms with E-state index in [9.17, 15) is 13.2 Å². The molecule has 0 N–H and O–H groups in total. The third-order valence-electron chi connectivity index (χ3n) is 3.13. The first kappa shape index (κ1) is 18.4. The molecule has 24 heavy (non-hydrogen) atoms. The zero-order chi connectivity index (χ0) is 17.3. The largest absolute Gasteiger partial charge is 0.522 e. The molecule has 0 saturated carbocycles. The summed E-state index contributed by atoms with van der Waals surface area (Å²) in [5, 5.41) is 0. The second-order valence-electron chi connectivity index (χ2n) is 5.19. The third kappa shape index (κ3) is 7.59. The lowest BCUT2D eigenvalue weighted by molar-refractivity contribution is -0.350. The second kappa shape index (κ2) is 9.42. The van der Waals surface area contributed by atoms with Crippen molar-refractivity contribution in [1.82, 2.24) is 0 Å². The molecule has 0 aliphatic rings. The smallest absolute Gasteiger partial charge is 0.374 e. The molecule has 3 nitrogen and oxygen atoms in total. The summed E-state index contributed by atoms with van der Waals surface area (Å²) >= 11 is 0. The summed E-state index contributed by atoms with van der Waals surface area (Å²) < 4.78 is 52.1. The molecule has 0 bridgehead atoms. The van der Waals surface area contributed by atoms with Gasteiger partial charge in [0.05, 0.1) is 26.4 Å². The Kier molecular flexibility index (Phi) is 7.24. The number of ether oxygens (including phenoxy) is 3. The summed E-state index contributed by atoms with van der Waals surface area (Å²) in [4.78, 5) is 0. The molecule has 6 heteroatoms. The molecule has 0 fully saturated rings. The van der Waals surface area contributed by atoms with Crippen LogP contribution in [0.1, 0.15) is 11.1 Å². The van der Waals surface area contributed by atoms with Gasteiger partial charge in [-0.05, 0) is 11.1 Å². The Morgan fingerprint density at radius 1 is 0.708 bits per heavy atom. The van der Waals surface area contributed by atoms with E-state index in [1.165, 1.54) is 0 Å². The summed E-state index contributed by atoms with van der Waals surface area (Å²) in [6.45, 7) is 0.0286. The average Bonchev–Trinajstić information content (AvgIpc) is 2.55. The van der Waals surface area contributed by atoms with Gasteiger partial charge >= 0.3 is 6.36 Å². The van der Waals surface area contributed by atoms with Crippen LogP contribution in [0, 0.1) is 0 Å². The minimum absolute atomic E-state index is 0.205. The molecule has 0 unspecified atom stereocenters. The van der Waals surface area contributed by atoms with Crippen molar-refractivity contribution in [3.63, 3.8) is 0 Å². The zero-order valence-corrected chi connectivity index (χ0v) is 13.0. The van der Waals surface area contributed by atoms with Gasteiger partial charge in [-0.3, -0.25) is 4.74 Å². The molecule has 2 aromatic rings. The van der Waals surface area contributed by atoms with Gasteiger partial charge in [-0.1, -0.05) is 60.7 Å². The van der Waals surface area contributed by atoms with Crippen LogP contribution in [-0.2, 0) is 27.4 Å². The topological polar surface area (TPSA) is 27.7 Å². The van der Waals surface area contributed by atoms with Crippen molar-refractivity contribution in [2.45, 2.75) is 25.7 Å². The lowest BCUT2D eigenvalue weighted by atomic mass is 10.2. The third-order valence-corrected chi connectivity index (χ3v) is 3.13. The molecule has 130 valence electrons. The van der Waals surface area contributed by atoms with E-state index in [4.69, 9.17) is 9.47 Å². The molecule has 0 heterocycles. The standard InChI is InChI=1S/C18H19F3O3/c19-18(20,21)24-17(13-22-11-15-7-3-1-4-8-15)14-23-12-16-9-5-2-6-10-16/h1-10,17H,11-14H2. The molecule has 0 aliphatic carbocycles. The van der Waals surface area contributed by atoms with Gasteiger partial charge in [0.25, 0.3) is 0 Å². The quantitative estimate of drug-likeness (QED) is 0.680. The van der Waals surface area contributed by atoms with E-state index in [1.807, 2.05) is 60.7 Å². The fraction of sp³-hybridized carbons (Fsp3) is 0.333. The van der Waals surface area contributed by atoms with E-state index in [0.29, 0.717) is 0 Å². The number of hydrogen-bond donors (Lipinski definition) is 0. The van der Waals surface area contributed by atoms with Crippen LogP contribution in [0.3, 0.4) is 0 Å². The van der Waals surface area contributed by atoms with E-state index in [0.717, 1.165) is 11.1 Å². The van der Waals surface area contributed by atoms with E-state index < -0.39 is 12.5 Å². The normalized spacial score (nSPS) is 11.8. The van der Waals surface area contributed by atoms with Gasteiger partial charge in [0.2, 0.25) is 0 Å². The maximum absolute atomic E-state index is 12.5. The monoisotopic (exact) mass is 340 g/mol. The minimum atomic E-state index is -4.73. The lowest BCUT2D eigenvalue weighted by Crippen LogP contribution is -2.32. The molecule has 0 radical (unpaired) electrons. The van der Waals surface area contributed by atoms with Crippen LogP contribution < -0.4 is 0 Å². The molecule has 2 rings (SSSR count). The van der Waals surface area contributed by atoms with Crippen molar-refractivity contribution in [2.24, 2.45) is 0 Å². The highest BCUT2D eigenvalue weighted by molar-refractivity contribution is 5.14. The fourth-order valence-electron chi connectivity index (χ4n) is 2.07. The van der Waals surface area contributed by atoms with E-state index >= 15 is 0 Å². The Morgan fingerprint density at radius 3 is 1.50 bits per heavy atom. The maximum Gasteiger partial charge on any atom is 0.522 e. The molecule has 0 saturated heterocycles. The maximum atomic E-state index is 12.5. The van der Waals surface area contributed by atoms with Crippen LogP contribution in [-0.4, -0.2) is 25.7 Å². The van der Waals surface area contributed by atoms with Gasteiger partial charge in [-0.2, -0.15) is 0 Å². The number of rotatable bonds is 9. The van der Waals surface area contributed by atoms with Crippen LogP contribution >= 0.6 is 0 Å². The highest BCUT2D eigenvalue weighted by atomic mass is 19.4. The minimum Gasteiger partial charge on any atom is -0.374 e. The van der Waals surface area contributed by atoms with E-state index in [-0.39, 0.29) is 26.4 Å². The zero-order valence-electron chi connectivity index (χ0n) is 13.0. The Labute approximate surface area is 139 Å². The van der Waals surface area contributed by atoms with Crippen molar-refractivity contribution < 1.29 is 27.4 Å². The number of hydrogen-bond acceptors (Lipinski definition) is 3. The van der Waals surface area contributed by atoms with Crippen molar-refractivity contribution in [3.05, 3.63) is 71.8 Å². The van der Waals surface area contributed by atoms with Gasteiger partial charge in [-0.25, -0.2) is 0 Å². The van der Waals surface area contributed by atoms with Gasteiger partial charge in [0, 0.05) is 0 Å². The fourth-order valence-corrected chi connectivity index (χ4v) is 2.07. The molecular formula is C18H19F3O3.